The summed E-state index contributed by atoms with van der Waals surface area (Å²) < 4.78 is 8.04. The number of aromatic nitrogens is 2. The van der Waals surface area contributed by atoms with Crippen molar-refractivity contribution in [2.45, 2.75) is 47.3 Å². The summed E-state index contributed by atoms with van der Waals surface area (Å²) in [5, 5.41) is 4.45. The maximum absolute atomic E-state index is 6.05. The SMILES string of the molecule is CCn1nc(C)cc1COc1c(C)cc(CCN)cc1C. The van der Waals surface area contributed by atoms with Gasteiger partial charge in [0.2, 0.25) is 0 Å². The summed E-state index contributed by atoms with van der Waals surface area (Å²) in [6, 6.07) is 6.41. The maximum atomic E-state index is 6.05. The molecule has 0 atom stereocenters. The van der Waals surface area contributed by atoms with Gasteiger partial charge < -0.3 is 10.5 Å². The van der Waals surface area contributed by atoms with Crippen LogP contribution in [0.1, 0.15) is 35.0 Å². The molecule has 0 amide bonds. The van der Waals surface area contributed by atoms with Crippen LogP contribution in [0, 0.1) is 20.8 Å². The van der Waals surface area contributed by atoms with Gasteiger partial charge in [-0.05, 0) is 63.4 Å². The zero-order chi connectivity index (χ0) is 15.4. The van der Waals surface area contributed by atoms with E-state index in [1.165, 1.54) is 5.56 Å². The van der Waals surface area contributed by atoms with E-state index in [2.05, 4.69) is 44.1 Å². The Bertz CT molecular complexity index is 593. The molecule has 0 fully saturated rings. The highest BCUT2D eigenvalue weighted by molar-refractivity contribution is 5.43. The third-order valence-corrected chi connectivity index (χ3v) is 3.60. The van der Waals surface area contributed by atoms with Gasteiger partial charge in [-0.25, -0.2) is 0 Å². The van der Waals surface area contributed by atoms with Crippen LogP contribution in [-0.4, -0.2) is 16.3 Å². The third kappa shape index (κ3) is 3.64. The second kappa shape index (κ2) is 6.76. The van der Waals surface area contributed by atoms with Gasteiger partial charge >= 0.3 is 0 Å². The standard InChI is InChI=1S/C17H25N3O/c1-5-20-16(10-14(4)19-20)11-21-17-12(2)8-15(6-7-18)9-13(17)3/h8-10H,5-7,11,18H2,1-4H3. The van der Waals surface area contributed by atoms with E-state index in [9.17, 15) is 0 Å². The minimum Gasteiger partial charge on any atom is -0.487 e. The molecule has 114 valence electrons. The number of nitrogens with zero attached hydrogens (tertiary/aromatic N) is 2. The van der Waals surface area contributed by atoms with E-state index in [0.29, 0.717) is 13.2 Å². The highest BCUT2D eigenvalue weighted by Crippen LogP contribution is 2.26. The van der Waals surface area contributed by atoms with Gasteiger partial charge in [0.05, 0.1) is 11.4 Å². The average molecular weight is 287 g/mol. The zero-order valence-electron chi connectivity index (χ0n) is 13.4. The van der Waals surface area contributed by atoms with Gasteiger partial charge in [-0.3, -0.25) is 4.68 Å². The number of ether oxygens (including phenoxy) is 1. The number of hydrogen-bond donors (Lipinski definition) is 1. The summed E-state index contributed by atoms with van der Waals surface area (Å²) in [5.41, 5.74) is 11.4. The number of rotatable bonds is 6. The van der Waals surface area contributed by atoms with Crippen molar-refractivity contribution in [1.82, 2.24) is 9.78 Å². The van der Waals surface area contributed by atoms with Crippen molar-refractivity contribution in [2.75, 3.05) is 6.54 Å². The molecule has 4 nitrogen and oxygen atoms in total. The highest BCUT2D eigenvalue weighted by atomic mass is 16.5. The smallest absolute Gasteiger partial charge is 0.130 e. The Balaban J connectivity index is 2.16. The Kier molecular flexibility index (Phi) is 5.02. The van der Waals surface area contributed by atoms with Crippen molar-refractivity contribution in [3.8, 4) is 5.75 Å². The topological polar surface area (TPSA) is 53.1 Å². The minimum absolute atomic E-state index is 0.548. The first-order valence-corrected chi connectivity index (χ1v) is 7.51. The van der Waals surface area contributed by atoms with Crippen LogP contribution in [-0.2, 0) is 19.6 Å². The van der Waals surface area contributed by atoms with Gasteiger partial charge in [-0.15, -0.1) is 0 Å². The van der Waals surface area contributed by atoms with E-state index in [1.807, 2.05) is 11.6 Å². The van der Waals surface area contributed by atoms with E-state index in [-0.39, 0.29) is 0 Å². The molecule has 0 aliphatic heterocycles. The summed E-state index contributed by atoms with van der Waals surface area (Å²) in [4.78, 5) is 0. The molecule has 21 heavy (non-hydrogen) atoms. The fraction of sp³-hybridized carbons (Fsp3) is 0.471. The van der Waals surface area contributed by atoms with Gasteiger partial charge in [-0.2, -0.15) is 5.10 Å². The van der Waals surface area contributed by atoms with E-state index >= 15 is 0 Å². The van der Waals surface area contributed by atoms with Crippen LogP contribution in [0.25, 0.3) is 0 Å². The molecule has 0 unspecified atom stereocenters. The second-order valence-corrected chi connectivity index (χ2v) is 5.48. The fourth-order valence-electron chi connectivity index (χ4n) is 2.71. The normalized spacial score (nSPS) is 10.9. The molecule has 0 radical (unpaired) electrons. The molecule has 2 N–H and O–H groups in total. The lowest BCUT2D eigenvalue weighted by molar-refractivity contribution is 0.288. The first-order valence-electron chi connectivity index (χ1n) is 7.51. The number of benzene rings is 1. The van der Waals surface area contributed by atoms with Crippen LogP contribution >= 0.6 is 0 Å². The van der Waals surface area contributed by atoms with Gasteiger partial charge in [0, 0.05) is 6.54 Å². The predicted molar refractivity (Wildman–Crippen MR) is 85.6 cm³/mol. The summed E-state index contributed by atoms with van der Waals surface area (Å²) in [7, 11) is 0. The van der Waals surface area contributed by atoms with E-state index in [1.54, 1.807) is 0 Å². The molecule has 1 aromatic heterocycles. The van der Waals surface area contributed by atoms with Gasteiger partial charge in [-0.1, -0.05) is 12.1 Å². The Morgan fingerprint density at radius 3 is 2.38 bits per heavy atom. The van der Waals surface area contributed by atoms with Crippen molar-refractivity contribution in [2.24, 2.45) is 5.73 Å². The predicted octanol–water partition coefficient (Wildman–Crippen LogP) is 2.91. The molecule has 4 heteroatoms. The molecule has 0 aliphatic carbocycles. The monoisotopic (exact) mass is 287 g/mol. The van der Waals surface area contributed by atoms with Crippen LogP contribution < -0.4 is 10.5 Å². The molecule has 0 saturated carbocycles. The molecule has 0 saturated heterocycles. The summed E-state index contributed by atoms with van der Waals surface area (Å²) in [5.74, 6) is 0.970. The van der Waals surface area contributed by atoms with E-state index in [4.69, 9.17) is 10.5 Å². The lowest BCUT2D eigenvalue weighted by atomic mass is 10.0. The van der Waals surface area contributed by atoms with Crippen molar-refractivity contribution < 1.29 is 4.74 Å². The lowest BCUT2D eigenvalue weighted by Gasteiger charge is -2.14. The van der Waals surface area contributed by atoms with Crippen LogP contribution in [0.5, 0.6) is 5.75 Å². The maximum Gasteiger partial charge on any atom is 0.130 e. The van der Waals surface area contributed by atoms with Gasteiger partial charge in [0.25, 0.3) is 0 Å². The van der Waals surface area contributed by atoms with Crippen molar-refractivity contribution in [3.63, 3.8) is 0 Å². The molecule has 0 spiro atoms. The Morgan fingerprint density at radius 2 is 1.81 bits per heavy atom. The lowest BCUT2D eigenvalue weighted by Crippen LogP contribution is -2.08. The Morgan fingerprint density at radius 1 is 1.14 bits per heavy atom. The summed E-state index contributed by atoms with van der Waals surface area (Å²) in [6.07, 6.45) is 0.907. The largest absolute Gasteiger partial charge is 0.487 e. The molecule has 0 bridgehead atoms. The summed E-state index contributed by atoms with van der Waals surface area (Å²) in [6.45, 7) is 10.4. The van der Waals surface area contributed by atoms with Crippen LogP contribution in [0.3, 0.4) is 0 Å². The van der Waals surface area contributed by atoms with Crippen LogP contribution in [0.4, 0.5) is 0 Å². The first kappa shape index (κ1) is 15.6. The molecular formula is C17H25N3O. The third-order valence-electron chi connectivity index (χ3n) is 3.60. The number of aryl methyl sites for hydroxylation is 4. The van der Waals surface area contributed by atoms with Crippen molar-refractivity contribution in [1.29, 1.82) is 0 Å². The molecule has 2 rings (SSSR count). The zero-order valence-corrected chi connectivity index (χ0v) is 13.4. The number of nitrogens with two attached hydrogens (primary N) is 1. The molecule has 1 heterocycles. The number of hydrogen-bond acceptors (Lipinski definition) is 3. The van der Waals surface area contributed by atoms with Crippen LogP contribution in [0.2, 0.25) is 0 Å². The van der Waals surface area contributed by atoms with E-state index < -0.39 is 0 Å². The summed E-state index contributed by atoms with van der Waals surface area (Å²) >= 11 is 0. The van der Waals surface area contributed by atoms with Gasteiger partial charge in [0.1, 0.15) is 12.4 Å². The minimum atomic E-state index is 0.548. The Hall–Kier alpha value is -1.81. The molecular weight excluding hydrogens is 262 g/mol. The van der Waals surface area contributed by atoms with Crippen molar-refractivity contribution >= 4 is 0 Å². The molecule has 2 aromatic rings. The quantitative estimate of drug-likeness (QED) is 0.888. The van der Waals surface area contributed by atoms with E-state index in [0.717, 1.165) is 41.2 Å². The molecule has 0 aliphatic rings. The highest BCUT2D eigenvalue weighted by Gasteiger charge is 2.09. The van der Waals surface area contributed by atoms with Gasteiger partial charge in [0.15, 0.2) is 0 Å². The second-order valence-electron chi connectivity index (χ2n) is 5.48. The average Bonchev–Trinajstić information content (AvgIpc) is 2.78. The van der Waals surface area contributed by atoms with Crippen molar-refractivity contribution in [3.05, 3.63) is 46.3 Å². The first-order chi connectivity index (χ1) is 10.0. The Labute approximate surface area is 126 Å². The molecule has 1 aromatic carbocycles. The fourth-order valence-corrected chi connectivity index (χ4v) is 2.71. The van der Waals surface area contributed by atoms with Crippen LogP contribution in [0.15, 0.2) is 18.2 Å².